The van der Waals surface area contributed by atoms with E-state index in [1.807, 2.05) is 0 Å². The first-order chi connectivity index (χ1) is 10.4. The Morgan fingerprint density at radius 1 is 0.773 bits per heavy atom. The van der Waals surface area contributed by atoms with Gasteiger partial charge in [-0.3, -0.25) is 0 Å². The summed E-state index contributed by atoms with van der Waals surface area (Å²) in [4.78, 5) is 22.1. The fraction of sp³-hybridized carbons (Fsp3) is 0.600. The monoisotopic (exact) mass is 330 g/mol. The van der Waals surface area contributed by atoms with Gasteiger partial charge in [0.15, 0.2) is 0 Å². The molecule has 0 aliphatic heterocycles. The molecule has 0 rings (SSSR count). The van der Waals surface area contributed by atoms with Crippen molar-refractivity contribution in [2.24, 2.45) is 0 Å². The highest BCUT2D eigenvalue weighted by atomic mass is 28.3. The van der Waals surface area contributed by atoms with Crippen molar-refractivity contribution in [3.8, 4) is 0 Å². The summed E-state index contributed by atoms with van der Waals surface area (Å²) in [6.07, 6.45) is 2.21. The SMILES string of the molecule is C=C(C)C(=O)OCCCCO[SiH2]OCCCOC(=O)C(=C)C. The summed E-state index contributed by atoms with van der Waals surface area (Å²) in [5, 5.41) is 0. The van der Waals surface area contributed by atoms with Gasteiger partial charge in [0, 0.05) is 30.8 Å². The third-order valence-corrected chi connectivity index (χ3v) is 3.36. The Bertz CT molecular complexity index is 344. The summed E-state index contributed by atoms with van der Waals surface area (Å²) in [5.41, 5.74) is 0.804. The normalized spacial score (nSPS) is 10.6. The van der Waals surface area contributed by atoms with E-state index in [9.17, 15) is 9.59 Å². The van der Waals surface area contributed by atoms with E-state index in [1.54, 1.807) is 13.8 Å². The van der Waals surface area contributed by atoms with E-state index in [-0.39, 0.29) is 11.9 Å². The molecular weight excluding hydrogens is 304 g/mol. The van der Waals surface area contributed by atoms with Gasteiger partial charge in [-0.1, -0.05) is 13.2 Å². The number of ether oxygens (including phenoxy) is 2. The standard InChI is InChI=1S/C15H26O6Si/c1-12(2)14(16)18-8-5-6-10-20-22-21-11-7-9-19-15(17)13(3)4/h1,3,5-11,22H2,2,4H3. The molecule has 0 bridgehead atoms. The Morgan fingerprint density at radius 3 is 1.68 bits per heavy atom. The van der Waals surface area contributed by atoms with E-state index in [0.29, 0.717) is 44.0 Å². The molecule has 0 spiro atoms. The van der Waals surface area contributed by atoms with E-state index in [4.69, 9.17) is 18.3 Å². The van der Waals surface area contributed by atoms with Gasteiger partial charge in [-0.2, -0.15) is 0 Å². The van der Waals surface area contributed by atoms with Gasteiger partial charge >= 0.3 is 21.9 Å². The van der Waals surface area contributed by atoms with Crippen LogP contribution in [0.15, 0.2) is 24.3 Å². The molecule has 0 aliphatic rings. The van der Waals surface area contributed by atoms with Crippen LogP contribution in [0.5, 0.6) is 0 Å². The zero-order chi connectivity index (χ0) is 16.8. The van der Waals surface area contributed by atoms with E-state index in [1.165, 1.54) is 0 Å². The number of rotatable bonds is 13. The average Bonchev–Trinajstić information content (AvgIpc) is 2.47. The second-order valence-electron chi connectivity index (χ2n) is 4.83. The molecule has 0 aromatic rings. The van der Waals surface area contributed by atoms with Crippen molar-refractivity contribution >= 4 is 21.9 Å². The molecule has 0 heterocycles. The molecule has 0 fully saturated rings. The molecule has 0 radical (unpaired) electrons. The molecule has 0 aromatic heterocycles. The van der Waals surface area contributed by atoms with Crippen LogP contribution in [0.25, 0.3) is 0 Å². The molecule has 0 atom stereocenters. The first-order valence-corrected chi connectivity index (χ1v) is 8.41. The molecule has 0 saturated carbocycles. The Kier molecular flexibility index (Phi) is 12.4. The number of hydrogen-bond acceptors (Lipinski definition) is 6. The average molecular weight is 330 g/mol. The Morgan fingerprint density at radius 2 is 1.18 bits per heavy atom. The molecule has 6 nitrogen and oxygen atoms in total. The number of esters is 2. The fourth-order valence-electron chi connectivity index (χ4n) is 1.22. The minimum Gasteiger partial charge on any atom is -0.462 e. The van der Waals surface area contributed by atoms with Crippen molar-refractivity contribution < 1.29 is 27.9 Å². The van der Waals surface area contributed by atoms with Crippen molar-refractivity contribution in [3.05, 3.63) is 24.3 Å². The number of carbonyl (C=O) groups excluding carboxylic acids is 2. The molecule has 22 heavy (non-hydrogen) atoms. The van der Waals surface area contributed by atoms with Gasteiger partial charge < -0.3 is 18.3 Å². The second kappa shape index (κ2) is 13.2. The Balaban J connectivity index is 3.21. The molecule has 0 saturated heterocycles. The van der Waals surface area contributed by atoms with Crippen LogP contribution in [-0.4, -0.2) is 48.4 Å². The van der Waals surface area contributed by atoms with Crippen molar-refractivity contribution in [3.63, 3.8) is 0 Å². The van der Waals surface area contributed by atoms with Crippen molar-refractivity contribution in [2.75, 3.05) is 26.4 Å². The molecule has 0 aliphatic carbocycles. The molecule has 0 unspecified atom stereocenters. The second-order valence-corrected chi connectivity index (χ2v) is 5.88. The summed E-state index contributed by atoms with van der Waals surface area (Å²) >= 11 is 0. The number of unbranched alkanes of at least 4 members (excludes halogenated alkanes) is 1. The van der Waals surface area contributed by atoms with Crippen molar-refractivity contribution in [2.45, 2.75) is 33.1 Å². The van der Waals surface area contributed by atoms with Crippen LogP contribution in [0.4, 0.5) is 0 Å². The van der Waals surface area contributed by atoms with Gasteiger partial charge in [-0.05, 0) is 26.7 Å². The lowest BCUT2D eigenvalue weighted by atomic mass is 10.3. The zero-order valence-electron chi connectivity index (χ0n) is 13.5. The maximum atomic E-state index is 11.1. The van der Waals surface area contributed by atoms with E-state index < -0.39 is 10.0 Å². The predicted octanol–water partition coefficient (Wildman–Crippen LogP) is 1.43. The maximum Gasteiger partial charge on any atom is 0.333 e. The van der Waals surface area contributed by atoms with Gasteiger partial charge in [0.05, 0.1) is 13.2 Å². The molecule has 126 valence electrons. The molecule has 0 N–H and O–H groups in total. The largest absolute Gasteiger partial charge is 0.462 e. The fourth-order valence-corrected chi connectivity index (χ4v) is 1.98. The van der Waals surface area contributed by atoms with Gasteiger partial charge in [0.2, 0.25) is 0 Å². The summed E-state index contributed by atoms with van der Waals surface area (Å²) in [7, 11) is -0.994. The third-order valence-electron chi connectivity index (χ3n) is 2.45. The summed E-state index contributed by atoms with van der Waals surface area (Å²) in [6.45, 7) is 12.0. The zero-order valence-corrected chi connectivity index (χ0v) is 14.9. The molecule has 7 heteroatoms. The summed E-state index contributed by atoms with van der Waals surface area (Å²) in [5.74, 6) is -0.730. The third kappa shape index (κ3) is 12.3. The maximum absolute atomic E-state index is 11.1. The Labute approximate surface area is 134 Å². The lowest BCUT2D eigenvalue weighted by molar-refractivity contribution is -0.140. The summed E-state index contributed by atoms with van der Waals surface area (Å²) in [6, 6.07) is 0. The Hall–Kier alpha value is -1.44. The van der Waals surface area contributed by atoms with Crippen LogP contribution in [0.2, 0.25) is 0 Å². The van der Waals surface area contributed by atoms with Gasteiger partial charge in [0.1, 0.15) is 0 Å². The highest BCUT2D eigenvalue weighted by Crippen LogP contribution is 1.97. The molecule has 0 aromatic carbocycles. The van der Waals surface area contributed by atoms with Crippen LogP contribution in [0.1, 0.15) is 33.1 Å². The van der Waals surface area contributed by atoms with Crippen LogP contribution >= 0.6 is 0 Å². The van der Waals surface area contributed by atoms with Gasteiger partial charge in [-0.15, -0.1) is 0 Å². The minimum atomic E-state index is -0.994. The number of hydrogen-bond donors (Lipinski definition) is 0. The van der Waals surface area contributed by atoms with Gasteiger partial charge in [0.25, 0.3) is 0 Å². The molecule has 0 amide bonds. The summed E-state index contributed by atoms with van der Waals surface area (Å²) < 4.78 is 20.6. The highest BCUT2D eigenvalue weighted by Gasteiger charge is 2.02. The van der Waals surface area contributed by atoms with E-state index >= 15 is 0 Å². The first kappa shape index (κ1) is 20.6. The highest BCUT2D eigenvalue weighted by molar-refractivity contribution is 6.17. The van der Waals surface area contributed by atoms with Crippen molar-refractivity contribution in [1.29, 1.82) is 0 Å². The first-order valence-electron chi connectivity index (χ1n) is 7.26. The van der Waals surface area contributed by atoms with Gasteiger partial charge in [-0.25, -0.2) is 9.59 Å². The number of carbonyl (C=O) groups is 2. The minimum absolute atomic E-state index is 0.328. The molecular formula is C15H26O6Si. The predicted molar refractivity (Wildman–Crippen MR) is 85.8 cm³/mol. The van der Waals surface area contributed by atoms with Crippen LogP contribution in [-0.2, 0) is 27.9 Å². The van der Waals surface area contributed by atoms with Crippen LogP contribution < -0.4 is 0 Å². The quantitative estimate of drug-likeness (QED) is 0.220. The lowest BCUT2D eigenvalue weighted by Gasteiger charge is -2.07. The van der Waals surface area contributed by atoms with Crippen LogP contribution in [0, 0.1) is 0 Å². The lowest BCUT2D eigenvalue weighted by Crippen LogP contribution is -2.11. The van der Waals surface area contributed by atoms with Crippen molar-refractivity contribution in [1.82, 2.24) is 0 Å². The topological polar surface area (TPSA) is 71.1 Å². The van der Waals surface area contributed by atoms with Crippen LogP contribution in [0.3, 0.4) is 0 Å². The van der Waals surface area contributed by atoms with E-state index in [2.05, 4.69) is 13.2 Å². The smallest absolute Gasteiger partial charge is 0.333 e. The van der Waals surface area contributed by atoms with E-state index in [0.717, 1.165) is 12.8 Å².